The lowest BCUT2D eigenvalue weighted by molar-refractivity contribution is -0.513. The van der Waals surface area contributed by atoms with Gasteiger partial charge in [0, 0.05) is 29.3 Å². The van der Waals surface area contributed by atoms with E-state index in [1.54, 1.807) is 18.2 Å². The highest BCUT2D eigenvalue weighted by molar-refractivity contribution is 8.13. The van der Waals surface area contributed by atoms with Crippen LogP contribution in [0.2, 0.25) is 0 Å². The average Bonchev–Trinajstić information content (AvgIpc) is 3.61. The Kier molecular flexibility index (Phi) is 7.75. The van der Waals surface area contributed by atoms with Crippen molar-refractivity contribution in [1.82, 2.24) is 0 Å². The molecular formula is C33H37F2N2O5S+. The summed E-state index contributed by atoms with van der Waals surface area (Å²) in [6.07, 6.45) is 7.30. The Labute approximate surface area is 253 Å². The SMILES string of the molecule is C[C@]12CC(C=N)=C([NH2+]c3ccc(F)cc3)C=C1CC[C@@H]1C2[C@@H](O)C[C@@]2(C)C1CC[C@]2(OC(=O)c1ccco1)C(=O)SCF. The molecule has 7 nitrogen and oxygen atoms in total. The lowest BCUT2D eigenvalue weighted by Crippen LogP contribution is -2.76. The Morgan fingerprint density at radius 3 is 2.67 bits per heavy atom. The molecule has 43 heavy (non-hydrogen) atoms. The summed E-state index contributed by atoms with van der Waals surface area (Å²) in [7, 11) is 0. The minimum absolute atomic E-state index is 0.0277. The molecule has 228 valence electrons. The van der Waals surface area contributed by atoms with Crippen LogP contribution >= 0.6 is 11.8 Å². The molecule has 4 aliphatic rings. The number of hydrogen-bond acceptors (Lipinski definition) is 7. The zero-order valence-electron chi connectivity index (χ0n) is 24.3. The van der Waals surface area contributed by atoms with Gasteiger partial charge in [0.15, 0.2) is 5.60 Å². The largest absolute Gasteiger partial charge is 0.457 e. The van der Waals surface area contributed by atoms with Crippen LogP contribution in [-0.2, 0) is 9.53 Å². The van der Waals surface area contributed by atoms with Gasteiger partial charge < -0.3 is 19.7 Å². The predicted molar refractivity (Wildman–Crippen MR) is 158 cm³/mol. The number of carbonyl (C=O) groups excluding carboxylic acids is 2. The molecule has 0 radical (unpaired) electrons. The Bertz CT molecular complexity index is 1490. The number of thioether (sulfide) groups is 1. The number of alkyl halides is 1. The quantitative estimate of drug-likeness (QED) is 0.206. The second-order valence-electron chi connectivity index (χ2n) is 12.9. The Balaban J connectivity index is 1.32. The average molecular weight is 612 g/mol. The first-order valence-electron chi connectivity index (χ1n) is 14.8. The number of benzene rings is 1. The van der Waals surface area contributed by atoms with Crippen molar-refractivity contribution < 1.29 is 37.9 Å². The molecule has 0 amide bonds. The number of halogens is 2. The zero-order valence-corrected chi connectivity index (χ0v) is 25.1. The van der Waals surface area contributed by atoms with Crippen LogP contribution in [0.5, 0.6) is 0 Å². The van der Waals surface area contributed by atoms with E-state index in [9.17, 15) is 23.5 Å². The van der Waals surface area contributed by atoms with Crippen LogP contribution in [0, 0.1) is 39.8 Å². The Morgan fingerprint density at radius 2 is 2.00 bits per heavy atom. The molecule has 4 aliphatic carbocycles. The second-order valence-corrected chi connectivity index (χ2v) is 13.8. The van der Waals surface area contributed by atoms with Crippen LogP contribution in [-0.4, -0.2) is 40.1 Å². The van der Waals surface area contributed by atoms with Crippen molar-refractivity contribution in [3.63, 3.8) is 0 Å². The van der Waals surface area contributed by atoms with Gasteiger partial charge in [0.25, 0.3) is 0 Å². The van der Waals surface area contributed by atoms with Crippen LogP contribution in [0.4, 0.5) is 14.5 Å². The smallest absolute Gasteiger partial charge is 0.375 e. The molecule has 1 aromatic carbocycles. The van der Waals surface area contributed by atoms with Gasteiger partial charge >= 0.3 is 5.97 Å². The Hall–Kier alpha value is -3.08. The summed E-state index contributed by atoms with van der Waals surface area (Å²) < 4.78 is 38.3. The van der Waals surface area contributed by atoms with E-state index < -0.39 is 39.6 Å². The summed E-state index contributed by atoms with van der Waals surface area (Å²) in [5, 5.41) is 21.7. The number of nitrogens with two attached hydrogens (primary N) is 1. The van der Waals surface area contributed by atoms with Crippen LogP contribution in [0.15, 0.2) is 70.0 Å². The van der Waals surface area contributed by atoms with Crippen molar-refractivity contribution in [2.24, 2.45) is 28.6 Å². The monoisotopic (exact) mass is 611 g/mol. The van der Waals surface area contributed by atoms with Gasteiger partial charge in [-0.25, -0.2) is 13.6 Å². The van der Waals surface area contributed by atoms with Crippen molar-refractivity contribution in [2.75, 3.05) is 6.01 Å². The van der Waals surface area contributed by atoms with Crippen molar-refractivity contribution >= 4 is 34.7 Å². The van der Waals surface area contributed by atoms with E-state index in [-0.39, 0.29) is 42.2 Å². The number of aliphatic hydroxyl groups is 1. The summed E-state index contributed by atoms with van der Waals surface area (Å²) in [4.78, 5) is 26.8. The number of hydrogen-bond donors (Lipinski definition) is 3. The van der Waals surface area contributed by atoms with Crippen molar-refractivity contribution in [2.45, 2.75) is 64.1 Å². The maximum Gasteiger partial charge on any atom is 0.375 e. The molecule has 1 heterocycles. The molecule has 3 fully saturated rings. The highest BCUT2D eigenvalue weighted by Crippen LogP contribution is 2.69. The summed E-state index contributed by atoms with van der Waals surface area (Å²) >= 11 is 0.514. The highest BCUT2D eigenvalue weighted by atomic mass is 32.2. The number of nitrogens with one attached hydrogen (secondary N) is 1. The number of allylic oxidation sites excluding steroid dienone is 3. The van der Waals surface area contributed by atoms with E-state index in [0.29, 0.717) is 24.6 Å². The molecular weight excluding hydrogens is 574 g/mol. The number of fused-ring (bicyclic) bond motifs is 5. The molecule has 4 N–H and O–H groups in total. The normalized spacial score (nSPS) is 35.0. The first kappa shape index (κ1) is 30.0. The van der Waals surface area contributed by atoms with E-state index in [1.165, 1.54) is 36.2 Å². The van der Waals surface area contributed by atoms with Crippen LogP contribution < -0.4 is 5.32 Å². The number of carbonyl (C=O) groups is 2. The molecule has 3 saturated carbocycles. The second kappa shape index (κ2) is 11.1. The molecule has 0 saturated heterocycles. The number of esters is 1. The van der Waals surface area contributed by atoms with Gasteiger partial charge in [0.1, 0.15) is 23.2 Å². The number of rotatable bonds is 7. The van der Waals surface area contributed by atoms with Gasteiger partial charge in [-0.1, -0.05) is 19.4 Å². The van der Waals surface area contributed by atoms with Gasteiger partial charge in [-0.3, -0.25) is 10.1 Å². The van der Waals surface area contributed by atoms with E-state index >= 15 is 0 Å². The van der Waals surface area contributed by atoms with Crippen LogP contribution in [0.3, 0.4) is 0 Å². The summed E-state index contributed by atoms with van der Waals surface area (Å²) in [5.41, 5.74) is 0.924. The molecule has 1 aromatic heterocycles. The summed E-state index contributed by atoms with van der Waals surface area (Å²) in [5.74, 6) is -1.23. The van der Waals surface area contributed by atoms with E-state index in [2.05, 4.69) is 13.0 Å². The first-order chi connectivity index (χ1) is 20.6. The molecule has 6 rings (SSSR count). The fourth-order valence-electron chi connectivity index (χ4n) is 9.03. The van der Waals surface area contributed by atoms with Gasteiger partial charge in [-0.15, -0.1) is 0 Å². The molecule has 0 bridgehead atoms. The van der Waals surface area contributed by atoms with Gasteiger partial charge in [0.2, 0.25) is 10.9 Å². The van der Waals surface area contributed by atoms with E-state index in [0.717, 1.165) is 29.8 Å². The van der Waals surface area contributed by atoms with Crippen molar-refractivity contribution in [1.29, 1.82) is 5.41 Å². The number of quaternary nitrogens is 1. The number of ether oxygens (including phenoxy) is 1. The zero-order chi connectivity index (χ0) is 30.6. The van der Waals surface area contributed by atoms with E-state index in [1.807, 2.05) is 12.2 Å². The van der Waals surface area contributed by atoms with Gasteiger partial charge in [-0.2, -0.15) is 0 Å². The minimum Gasteiger partial charge on any atom is -0.457 e. The predicted octanol–water partition coefficient (Wildman–Crippen LogP) is 5.84. The number of furan rings is 1. The lowest BCUT2D eigenvalue weighted by atomic mass is 9.45. The third-order valence-corrected chi connectivity index (χ3v) is 11.6. The fourth-order valence-corrected chi connectivity index (χ4v) is 9.74. The lowest BCUT2D eigenvalue weighted by Gasteiger charge is -2.60. The van der Waals surface area contributed by atoms with Crippen LogP contribution in [0.25, 0.3) is 0 Å². The summed E-state index contributed by atoms with van der Waals surface area (Å²) in [6.45, 7) is 4.09. The number of aliphatic hydroxyl groups excluding tert-OH is 1. The molecule has 7 atom stereocenters. The van der Waals surface area contributed by atoms with Crippen molar-refractivity contribution in [3.05, 3.63) is 77.2 Å². The first-order valence-corrected chi connectivity index (χ1v) is 15.8. The fraction of sp³-hybridized carbons (Fsp3) is 0.485. The minimum atomic E-state index is -1.59. The summed E-state index contributed by atoms with van der Waals surface area (Å²) in [6, 6.07) is 8.37. The van der Waals surface area contributed by atoms with Crippen molar-refractivity contribution in [3.8, 4) is 0 Å². The topological polar surface area (TPSA) is 117 Å². The van der Waals surface area contributed by atoms with Gasteiger partial charge in [0.05, 0.1) is 12.4 Å². The molecule has 2 unspecified atom stereocenters. The van der Waals surface area contributed by atoms with Gasteiger partial charge in [-0.05, 0) is 104 Å². The molecule has 0 aliphatic heterocycles. The van der Waals surface area contributed by atoms with E-state index in [4.69, 9.17) is 14.6 Å². The molecule has 2 aromatic rings. The maximum atomic E-state index is 13.6. The Morgan fingerprint density at radius 1 is 1.23 bits per heavy atom. The third kappa shape index (κ3) is 4.73. The highest BCUT2D eigenvalue weighted by Gasteiger charge is 2.71. The molecule has 0 spiro atoms. The third-order valence-electron chi connectivity index (χ3n) is 10.9. The molecule has 10 heteroatoms. The standard InChI is InChI=1S/C33H36F2N2O5S/c1-31-15-19(17-36)25(37-22-8-6-21(35)7-9-22)14-20(31)5-10-23-24-11-12-33(30(40)43-18-34,32(24,2)16-26(38)28(23)31)42-29(39)27-4-3-13-41-27/h3-4,6-9,13-14,17,23-24,26,28,36-38H,5,10-12,15-16,18H2,1-2H3/p+1/t23-,24?,26-,28?,31-,32-,33-/m0/s1. The maximum absolute atomic E-state index is 13.6. The van der Waals surface area contributed by atoms with Crippen LogP contribution in [0.1, 0.15) is 62.9 Å².